The first-order chi connectivity index (χ1) is 12.6. The molecule has 140 valence electrons. The number of amides is 1. The van der Waals surface area contributed by atoms with Gasteiger partial charge in [-0.25, -0.2) is 9.97 Å². The summed E-state index contributed by atoms with van der Waals surface area (Å²) in [4.78, 5) is 20.8. The first-order valence-corrected chi connectivity index (χ1v) is 9.13. The molecule has 1 aromatic carbocycles. The van der Waals surface area contributed by atoms with Crippen molar-refractivity contribution in [2.75, 3.05) is 25.5 Å². The van der Waals surface area contributed by atoms with Gasteiger partial charge in [0.15, 0.2) is 0 Å². The fourth-order valence-corrected chi connectivity index (χ4v) is 2.57. The lowest BCUT2D eigenvalue weighted by Gasteiger charge is -2.09. The standard InChI is InChI=1S/C20H28N4O2/c1-4-5-6-12-22-20(25)18-14-19(24-15(2)23-18)21-13-11-16-7-9-17(26-3)10-8-16/h7-10,14H,4-6,11-13H2,1-3H3,(H,22,25)(H,21,23,24). The third kappa shape index (κ3) is 6.35. The van der Waals surface area contributed by atoms with Crippen LogP contribution in [-0.4, -0.2) is 36.1 Å². The second-order valence-electron chi connectivity index (χ2n) is 6.17. The van der Waals surface area contributed by atoms with E-state index in [1.807, 2.05) is 24.3 Å². The van der Waals surface area contributed by atoms with E-state index in [1.165, 1.54) is 5.56 Å². The molecule has 0 aliphatic heterocycles. The number of anilines is 1. The fourth-order valence-electron chi connectivity index (χ4n) is 2.57. The molecule has 0 aliphatic rings. The molecule has 1 heterocycles. The van der Waals surface area contributed by atoms with Crippen molar-refractivity contribution >= 4 is 11.7 Å². The summed E-state index contributed by atoms with van der Waals surface area (Å²) in [6.07, 6.45) is 4.08. The van der Waals surface area contributed by atoms with E-state index < -0.39 is 0 Å². The molecule has 1 amide bonds. The molecule has 0 bridgehead atoms. The van der Waals surface area contributed by atoms with Gasteiger partial charge in [-0.15, -0.1) is 0 Å². The van der Waals surface area contributed by atoms with E-state index in [2.05, 4.69) is 27.5 Å². The number of rotatable bonds is 10. The Bertz CT molecular complexity index is 701. The number of unbranched alkanes of at least 4 members (excludes halogenated alkanes) is 2. The summed E-state index contributed by atoms with van der Waals surface area (Å²) in [5, 5.41) is 6.18. The third-order valence-electron chi connectivity index (χ3n) is 4.02. The summed E-state index contributed by atoms with van der Waals surface area (Å²) in [5.74, 6) is 1.95. The Morgan fingerprint density at radius 3 is 2.58 bits per heavy atom. The summed E-state index contributed by atoms with van der Waals surface area (Å²) < 4.78 is 5.16. The molecule has 0 spiro atoms. The second kappa shape index (κ2) is 10.4. The van der Waals surface area contributed by atoms with E-state index in [1.54, 1.807) is 20.1 Å². The van der Waals surface area contributed by atoms with Crippen molar-refractivity contribution in [1.29, 1.82) is 0 Å². The molecule has 0 fully saturated rings. The van der Waals surface area contributed by atoms with Crippen LogP contribution < -0.4 is 15.4 Å². The molecule has 26 heavy (non-hydrogen) atoms. The van der Waals surface area contributed by atoms with Crippen molar-refractivity contribution in [3.05, 3.63) is 47.4 Å². The van der Waals surface area contributed by atoms with Gasteiger partial charge in [-0.3, -0.25) is 4.79 Å². The van der Waals surface area contributed by atoms with Crippen LogP contribution in [0.15, 0.2) is 30.3 Å². The molecule has 1 aromatic heterocycles. The number of benzene rings is 1. The molecule has 2 rings (SSSR count). The Balaban J connectivity index is 1.88. The van der Waals surface area contributed by atoms with Gasteiger partial charge in [0, 0.05) is 19.2 Å². The van der Waals surface area contributed by atoms with E-state index in [0.29, 0.717) is 23.9 Å². The SMILES string of the molecule is CCCCCNC(=O)c1cc(NCCc2ccc(OC)cc2)nc(C)n1. The number of nitrogens with one attached hydrogen (secondary N) is 2. The highest BCUT2D eigenvalue weighted by atomic mass is 16.5. The minimum absolute atomic E-state index is 0.148. The molecule has 2 N–H and O–H groups in total. The molecular formula is C20H28N4O2. The quantitative estimate of drug-likeness (QED) is 0.638. The van der Waals surface area contributed by atoms with Crippen LogP contribution in [0.4, 0.5) is 5.82 Å². The molecule has 0 unspecified atom stereocenters. The largest absolute Gasteiger partial charge is 0.497 e. The van der Waals surface area contributed by atoms with Crippen molar-refractivity contribution in [3.8, 4) is 5.75 Å². The number of carbonyl (C=O) groups excluding carboxylic acids is 1. The zero-order valence-corrected chi connectivity index (χ0v) is 15.8. The number of hydrogen-bond acceptors (Lipinski definition) is 5. The number of aromatic nitrogens is 2. The van der Waals surface area contributed by atoms with Crippen LogP contribution in [0.5, 0.6) is 5.75 Å². The normalized spacial score (nSPS) is 10.4. The Morgan fingerprint density at radius 1 is 1.12 bits per heavy atom. The summed E-state index contributed by atoms with van der Waals surface area (Å²) >= 11 is 0. The topological polar surface area (TPSA) is 76.1 Å². The summed E-state index contributed by atoms with van der Waals surface area (Å²) in [6.45, 7) is 5.33. The van der Waals surface area contributed by atoms with E-state index in [4.69, 9.17) is 4.74 Å². The Labute approximate surface area is 155 Å². The van der Waals surface area contributed by atoms with Gasteiger partial charge in [0.05, 0.1) is 7.11 Å². The molecule has 6 heteroatoms. The van der Waals surface area contributed by atoms with Crippen LogP contribution in [0.3, 0.4) is 0 Å². The van der Waals surface area contributed by atoms with Crippen molar-refractivity contribution in [1.82, 2.24) is 15.3 Å². The zero-order valence-electron chi connectivity index (χ0n) is 15.8. The van der Waals surface area contributed by atoms with Gasteiger partial charge in [0.25, 0.3) is 5.91 Å². The number of hydrogen-bond donors (Lipinski definition) is 2. The fraction of sp³-hybridized carbons (Fsp3) is 0.450. The van der Waals surface area contributed by atoms with Crippen molar-refractivity contribution < 1.29 is 9.53 Å². The maximum Gasteiger partial charge on any atom is 0.270 e. The Kier molecular flexibility index (Phi) is 7.86. The maximum absolute atomic E-state index is 12.2. The van der Waals surface area contributed by atoms with Crippen LogP contribution in [0.1, 0.15) is 48.1 Å². The van der Waals surface area contributed by atoms with Gasteiger partial charge >= 0.3 is 0 Å². The van der Waals surface area contributed by atoms with Gasteiger partial charge in [-0.2, -0.15) is 0 Å². The second-order valence-corrected chi connectivity index (χ2v) is 6.17. The van der Waals surface area contributed by atoms with Crippen LogP contribution in [0.25, 0.3) is 0 Å². The number of nitrogens with zero attached hydrogens (tertiary/aromatic N) is 2. The summed E-state index contributed by atoms with van der Waals surface area (Å²) in [5.41, 5.74) is 1.61. The first kappa shape index (κ1) is 19.7. The zero-order chi connectivity index (χ0) is 18.8. The molecule has 0 saturated carbocycles. The van der Waals surface area contributed by atoms with Gasteiger partial charge < -0.3 is 15.4 Å². The molecule has 0 atom stereocenters. The Morgan fingerprint density at radius 2 is 1.88 bits per heavy atom. The number of ether oxygens (including phenoxy) is 1. The highest BCUT2D eigenvalue weighted by Crippen LogP contribution is 2.12. The van der Waals surface area contributed by atoms with Crippen molar-refractivity contribution in [3.63, 3.8) is 0 Å². The highest BCUT2D eigenvalue weighted by molar-refractivity contribution is 5.92. The highest BCUT2D eigenvalue weighted by Gasteiger charge is 2.10. The molecule has 2 aromatic rings. The van der Waals surface area contributed by atoms with E-state index in [0.717, 1.165) is 38.0 Å². The van der Waals surface area contributed by atoms with Crippen molar-refractivity contribution in [2.24, 2.45) is 0 Å². The lowest BCUT2D eigenvalue weighted by atomic mass is 10.1. The predicted octanol–water partition coefficient (Wildman–Crippen LogP) is 3.37. The van der Waals surface area contributed by atoms with Crippen LogP contribution in [0, 0.1) is 6.92 Å². The molecule has 0 saturated heterocycles. The molecule has 0 radical (unpaired) electrons. The minimum Gasteiger partial charge on any atom is -0.497 e. The first-order valence-electron chi connectivity index (χ1n) is 9.13. The van der Waals surface area contributed by atoms with Gasteiger partial charge in [-0.05, 0) is 37.5 Å². The van der Waals surface area contributed by atoms with E-state index in [9.17, 15) is 4.79 Å². The van der Waals surface area contributed by atoms with Crippen LogP contribution >= 0.6 is 0 Å². The monoisotopic (exact) mass is 356 g/mol. The van der Waals surface area contributed by atoms with E-state index >= 15 is 0 Å². The summed E-state index contributed by atoms with van der Waals surface area (Å²) in [6, 6.07) is 9.69. The maximum atomic E-state index is 12.2. The summed E-state index contributed by atoms with van der Waals surface area (Å²) in [7, 11) is 1.66. The molecule has 6 nitrogen and oxygen atoms in total. The average molecular weight is 356 g/mol. The van der Waals surface area contributed by atoms with Gasteiger partial charge in [0.1, 0.15) is 23.1 Å². The molecular weight excluding hydrogens is 328 g/mol. The number of carbonyl (C=O) groups is 1. The van der Waals surface area contributed by atoms with E-state index in [-0.39, 0.29) is 5.91 Å². The van der Waals surface area contributed by atoms with Crippen LogP contribution in [-0.2, 0) is 6.42 Å². The van der Waals surface area contributed by atoms with Crippen LogP contribution in [0.2, 0.25) is 0 Å². The lowest BCUT2D eigenvalue weighted by molar-refractivity contribution is 0.0947. The van der Waals surface area contributed by atoms with Crippen molar-refractivity contribution in [2.45, 2.75) is 39.5 Å². The smallest absolute Gasteiger partial charge is 0.270 e. The number of methoxy groups -OCH3 is 1. The van der Waals surface area contributed by atoms with Gasteiger partial charge in [0.2, 0.25) is 0 Å². The average Bonchev–Trinajstić information content (AvgIpc) is 2.65. The minimum atomic E-state index is -0.148. The lowest BCUT2D eigenvalue weighted by Crippen LogP contribution is -2.26. The predicted molar refractivity (Wildman–Crippen MR) is 104 cm³/mol. The Hall–Kier alpha value is -2.63. The van der Waals surface area contributed by atoms with Gasteiger partial charge in [-0.1, -0.05) is 31.9 Å². The number of aryl methyl sites for hydroxylation is 1. The third-order valence-corrected chi connectivity index (χ3v) is 4.02. The molecule has 0 aliphatic carbocycles.